The number of aromatic nitrogens is 2. The van der Waals surface area contributed by atoms with Gasteiger partial charge < -0.3 is 14.8 Å². The number of anilines is 2. The summed E-state index contributed by atoms with van der Waals surface area (Å²) in [4.78, 5) is 20.8. The minimum Gasteiger partial charge on any atom is -0.491 e. The van der Waals surface area contributed by atoms with Crippen molar-refractivity contribution < 1.29 is 14.3 Å². The van der Waals surface area contributed by atoms with E-state index in [9.17, 15) is 4.79 Å². The van der Waals surface area contributed by atoms with Gasteiger partial charge in [-0.3, -0.25) is 0 Å². The van der Waals surface area contributed by atoms with Gasteiger partial charge in [0.15, 0.2) is 0 Å². The zero-order valence-corrected chi connectivity index (χ0v) is 14.9. The van der Waals surface area contributed by atoms with Gasteiger partial charge in [-0.05, 0) is 37.6 Å². The average Bonchev–Trinajstić information content (AvgIpc) is 2.67. The molecule has 0 bridgehead atoms. The molecule has 26 heavy (non-hydrogen) atoms. The van der Waals surface area contributed by atoms with Gasteiger partial charge in [0.25, 0.3) is 0 Å². The number of hydrogen-bond donors (Lipinski definition) is 1. The van der Waals surface area contributed by atoms with Crippen molar-refractivity contribution in [3.63, 3.8) is 0 Å². The molecule has 134 valence electrons. The van der Waals surface area contributed by atoms with E-state index in [0.29, 0.717) is 17.9 Å². The fraction of sp³-hybridized carbons (Fsp3) is 0.250. The SMILES string of the molecule is CCCOc1ccccc1Nc1nc(C(=O)OCC)nc2ccccc12. The first-order chi connectivity index (χ1) is 12.7. The highest BCUT2D eigenvalue weighted by atomic mass is 16.5. The molecular formula is C20H21N3O3. The lowest BCUT2D eigenvalue weighted by Crippen LogP contribution is -2.11. The Bertz CT molecular complexity index is 912. The molecule has 0 fully saturated rings. The second kappa shape index (κ2) is 8.29. The molecule has 1 aromatic heterocycles. The summed E-state index contributed by atoms with van der Waals surface area (Å²) in [6.07, 6.45) is 0.914. The highest BCUT2D eigenvalue weighted by Gasteiger charge is 2.16. The molecule has 1 heterocycles. The van der Waals surface area contributed by atoms with Gasteiger partial charge in [0, 0.05) is 5.39 Å². The van der Waals surface area contributed by atoms with Crippen molar-refractivity contribution in [2.24, 2.45) is 0 Å². The van der Waals surface area contributed by atoms with Crippen LogP contribution < -0.4 is 10.1 Å². The lowest BCUT2D eigenvalue weighted by atomic mass is 10.2. The third kappa shape index (κ3) is 3.91. The van der Waals surface area contributed by atoms with Gasteiger partial charge in [0.1, 0.15) is 11.6 Å². The van der Waals surface area contributed by atoms with E-state index in [1.807, 2.05) is 48.5 Å². The summed E-state index contributed by atoms with van der Waals surface area (Å²) in [6.45, 7) is 4.70. The number of nitrogens with one attached hydrogen (secondary N) is 1. The van der Waals surface area contributed by atoms with Crippen molar-refractivity contribution in [3.8, 4) is 5.75 Å². The van der Waals surface area contributed by atoms with Crippen molar-refractivity contribution in [3.05, 3.63) is 54.4 Å². The van der Waals surface area contributed by atoms with Crippen molar-refractivity contribution in [2.75, 3.05) is 18.5 Å². The zero-order valence-electron chi connectivity index (χ0n) is 14.9. The number of fused-ring (bicyclic) bond motifs is 1. The highest BCUT2D eigenvalue weighted by Crippen LogP contribution is 2.30. The summed E-state index contributed by atoms with van der Waals surface area (Å²) in [7, 11) is 0. The van der Waals surface area contributed by atoms with Crippen LogP contribution in [-0.4, -0.2) is 29.2 Å². The number of rotatable bonds is 7. The number of carbonyl (C=O) groups excluding carboxylic acids is 1. The number of hydrogen-bond acceptors (Lipinski definition) is 6. The molecule has 0 unspecified atom stereocenters. The first kappa shape index (κ1) is 17.7. The Morgan fingerprint density at radius 2 is 1.81 bits per heavy atom. The molecule has 0 aliphatic rings. The quantitative estimate of drug-likeness (QED) is 0.638. The molecule has 3 rings (SSSR count). The van der Waals surface area contributed by atoms with E-state index in [0.717, 1.165) is 23.2 Å². The van der Waals surface area contributed by atoms with Gasteiger partial charge in [-0.15, -0.1) is 0 Å². The summed E-state index contributed by atoms with van der Waals surface area (Å²) in [6, 6.07) is 15.1. The molecule has 0 aliphatic carbocycles. The minimum atomic E-state index is -0.545. The standard InChI is InChI=1S/C20H21N3O3/c1-3-13-26-17-12-8-7-11-16(17)22-18-14-9-5-6-10-15(14)21-19(23-18)20(24)25-4-2/h5-12H,3-4,13H2,1-2H3,(H,21,22,23). The normalized spacial score (nSPS) is 10.5. The predicted octanol–water partition coefficient (Wildman–Crippen LogP) is 4.34. The van der Waals surface area contributed by atoms with Gasteiger partial charge in [-0.2, -0.15) is 0 Å². The highest BCUT2D eigenvalue weighted by molar-refractivity contribution is 5.95. The van der Waals surface area contributed by atoms with E-state index >= 15 is 0 Å². The van der Waals surface area contributed by atoms with E-state index < -0.39 is 5.97 Å². The topological polar surface area (TPSA) is 73.3 Å². The summed E-state index contributed by atoms with van der Waals surface area (Å²) < 4.78 is 10.8. The summed E-state index contributed by atoms with van der Waals surface area (Å²) in [5.74, 6) is 0.748. The first-order valence-corrected chi connectivity index (χ1v) is 8.65. The Morgan fingerprint density at radius 3 is 2.62 bits per heavy atom. The Morgan fingerprint density at radius 1 is 1.04 bits per heavy atom. The Hall–Kier alpha value is -3.15. The Kier molecular flexibility index (Phi) is 5.63. The van der Waals surface area contributed by atoms with Crippen LogP contribution in [0.2, 0.25) is 0 Å². The van der Waals surface area contributed by atoms with E-state index in [1.54, 1.807) is 6.92 Å². The van der Waals surface area contributed by atoms with Crippen molar-refractivity contribution >= 4 is 28.4 Å². The smallest absolute Gasteiger partial charge is 0.376 e. The summed E-state index contributed by atoms with van der Waals surface area (Å²) in [5.41, 5.74) is 1.44. The van der Waals surface area contributed by atoms with Gasteiger partial charge in [0.05, 0.1) is 24.4 Å². The van der Waals surface area contributed by atoms with Crippen LogP contribution in [0.5, 0.6) is 5.75 Å². The molecule has 6 nitrogen and oxygen atoms in total. The molecule has 0 spiro atoms. The maximum atomic E-state index is 12.1. The third-order valence-electron chi connectivity index (χ3n) is 3.66. The van der Waals surface area contributed by atoms with Gasteiger partial charge >= 0.3 is 5.97 Å². The Labute approximate surface area is 152 Å². The van der Waals surface area contributed by atoms with E-state index in [-0.39, 0.29) is 12.4 Å². The second-order valence-electron chi connectivity index (χ2n) is 5.60. The number of para-hydroxylation sites is 3. The van der Waals surface area contributed by atoms with Gasteiger partial charge in [-0.1, -0.05) is 31.2 Å². The maximum absolute atomic E-state index is 12.1. The summed E-state index contributed by atoms with van der Waals surface area (Å²) >= 11 is 0. The van der Waals surface area contributed by atoms with E-state index in [4.69, 9.17) is 9.47 Å². The third-order valence-corrected chi connectivity index (χ3v) is 3.66. The van der Waals surface area contributed by atoms with Gasteiger partial charge in [-0.25, -0.2) is 14.8 Å². The lowest BCUT2D eigenvalue weighted by molar-refractivity contribution is 0.0512. The fourth-order valence-electron chi connectivity index (χ4n) is 2.49. The van der Waals surface area contributed by atoms with Crippen LogP contribution in [0, 0.1) is 0 Å². The van der Waals surface area contributed by atoms with Crippen molar-refractivity contribution in [1.82, 2.24) is 9.97 Å². The van der Waals surface area contributed by atoms with Gasteiger partial charge in [0.2, 0.25) is 5.82 Å². The van der Waals surface area contributed by atoms with Crippen molar-refractivity contribution in [2.45, 2.75) is 20.3 Å². The zero-order chi connectivity index (χ0) is 18.4. The van der Waals surface area contributed by atoms with Crippen LogP contribution in [0.25, 0.3) is 10.9 Å². The molecule has 1 N–H and O–H groups in total. The monoisotopic (exact) mass is 351 g/mol. The predicted molar refractivity (Wildman–Crippen MR) is 101 cm³/mol. The van der Waals surface area contributed by atoms with Crippen LogP contribution in [0.3, 0.4) is 0 Å². The van der Waals surface area contributed by atoms with Crippen LogP contribution >= 0.6 is 0 Å². The van der Waals surface area contributed by atoms with Crippen molar-refractivity contribution in [1.29, 1.82) is 0 Å². The molecule has 0 atom stereocenters. The molecule has 0 saturated carbocycles. The number of carbonyl (C=O) groups is 1. The Balaban J connectivity index is 2.03. The van der Waals surface area contributed by atoms with E-state index in [1.165, 1.54) is 0 Å². The first-order valence-electron chi connectivity index (χ1n) is 8.65. The van der Waals surface area contributed by atoms with Crippen LogP contribution in [0.4, 0.5) is 11.5 Å². The molecule has 0 radical (unpaired) electrons. The number of ether oxygens (including phenoxy) is 2. The molecule has 0 saturated heterocycles. The second-order valence-corrected chi connectivity index (χ2v) is 5.60. The van der Waals surface area contributed by atoms with Crippen LogP contribution in [0.1, 0.15) is 30.9 Å². The lowest BCUT2D eigenvalue weighted by Gasteiger charge is -2.14. The fourth-order valence-corrected chi connectivity index (χ4v) is 2.49. The number of benzene rings is 2. The molecule has 3 aromatic rings. The number of esters is 1. The minimum absolute atomic E-state index is 0.0278. The largest absolute Gasteiger partial charge is 0.491 e. The molecule has 0 amide bonds. The molecule has 0 aliphatic heterocycles. The van der Waals surface area contributed by atoms with Crippen LogP contribution in [-0.2, 0) is 4.74 Å². The summed E-state index contributed by atoms with van der Waals surface area (Å²) in [5, 5.41) is 4.09. The number of nitrogens with zero attached hydrogens (tertiary/aromatic N) is 2. The molecule has 2 aromatic carbocycles. The van der Waals surface area contributed by atoms with Crippen LogP contribution in [0.15, 0.2) is 48.5 Å². The molecular weight excluding hydrogens is 330 g/mol. The maximum Gasteiger partial charge on any atom is 0.376 e. The molecule has 6 heteroatoms. The van der Waals surface area contributed by atoms with E-state index in [2.05, 4.69) is 22.2 Å². The average molecular weight is 351 g/mol.